The Balaban J connectivity index is 1.70. The number of benzene rings is 4. The van der Waals surface area contributed by atoms with Gasteiger partial charge in [0.05, 0.1) is 11.0 Å². The van der Waals surface area contributed by atoms with E-state index in [9.17, 15) is 0 Å². The summed E-state index contributed by atoms with van der Waals surface area (Å²) in [6.07, 6.45) is 0. The van der Waals surface area contributed by atoms with E-state index < -0.39 is 8.07 Å². The van der Waals surface area contributed by atoms with Gasteiger partial charge in [0, 0.05) is 20.9 Å². The number of hydrogen-bond acceptors (Lipinski definition) is 0. The summed E-state index contributed by atoms with van der Waals surface area (Å²) < 4.78 is 3.51. The van der Waals surface area contributed by atoms with Crippen LogP contribution in [0.3, 0.4) is 0 Å². The van der Waals surface area contributed by atoms with Crippen LogP contribution in [-0.2, 0) is 0 Å². The van der Waals surface area contributed by atoms with E-state index in [0.717, 1.165) is 4.47 Å². The molecule has 0 fully saturated rings. The molecule has 1 aliphatic heterocycles. The van der Waals surface area contributed by atoms with Crippen LogP contribution in [0.5, 0.6) is 0 Å². The fourth-order valence-electron chi connectivity index (χ4n) is 5.07. The Bertz CT molecular complexity index is 1440. The maximum atomic E-state index is 3.67. The molecule has 5 aromatic rings. The van der Waals surface area contributed by atoms with Crippen molar-refractivity contribution in [3.05, 3.63) is 89.4 Å². The van der Waals surface area contributed by atoms with Gasteiger partial charge in [0.2, 0.25) is 0 Å². The first-order chi connectivity index (χ1) is 14.1. The molecule has 6 rings (SSSR count). The third-order valence-corrected chi connectivity index (χ3v) is 10.5. The topological polar surface area (TPSA) is 4.93 Å². The fraction of sp³-hybridized carbons (Fsp3) is 0.0769. The van der Waals surface area contributed by atoms with Gasteiger partial charge >= 0.3 is 0 Å². The second-order valence-corrected chi connectivity index (χ2v) is 13.7. The smallest absolute Gasteiger partial charge is 0.113 e. The number of nitrogens with zero attached hydrogens (tertiary/aromatic N) is 1. The summed E-state index contributed by atoms with van der Waals surface area (Å²) in [5.41, 5.74) is 6.56. The zero-order valence-electron chi connectivity index (χ0n) is 16.4. The number of rotatable bonds is 1. The molecule has 0 atom stereocenters. The van der Waals surface area contributed by atoms with Crippen molar-refractivity contribution in [2.75, 3.05) is 0 Å². The Labute approximate surface area is 179 Å². The van der Waals surface area contributed by atoms with E-state index >= 15 is 0 Å². The van der Waals surface area contributed by atoms with Crippen LogP contribution in [0.15, 0.2) is 89.4 Å². The van der Waals surface area contributed by atoms with E-state index in [0.29, 0.717) is 0 Å². The number of fused-ring (bicyclic) bond motifs is 6. The van der Waals surface area contributed by atoms with Gasteiger partial charge in [0.25, 0.3) is 0 Å². The Morgan fingerprint density at radius 2 is 1.38 bits per heavy atom. The van der Waals surface area contributed by atoms with Gasteiger partial charge in [0.1, 0.15) is 8.07 Å². The third-order valence-electron chi connectivity index (χ3n) is 6.46. The van der Waals surface area contributed by atoms with E-state index in [1.54, 1.807) is 10.4 Å². The highest BCUT2D eigenvalue weighted by atomic mass is 79.9. The standard InChI is InChI=1S/C26H20BrNSi/c1-29(2)25-10-6-4-8-21(25)22-16-18(12-14-26(22)29)28-23-9-5-3-7-19(23)20-13-11-17(27)15-24(20)28/h3-16H,1-2H3. The quantitative estimate of drug-likeness (QED) is 0.260. The molecule has 0 saturated carbocycles. The lowest BCUT2D eigenvalue weighted by molar-refractivity contribution is 1.18. The first-order valence-electron chi connectivity index (χ1n) is 9.99. The van der Waals surface area contributed by atoms with E-state index in [2.05, 4.69) is 119 Å². The number of hydrogen-bond donors (Lipinski definition) is 0. The molecule has 0 spiro atoms. The summed E-state index contributed by atoms with van der Waals surface area (Å²) in [6.45, 7) is 4.93. The first kappa shape index (κ1) is 17.3. The van der Waals surface area contributed by atoms with Crippen molar-refractivity contribution in [2.45, 2.75) is 13.1 Å². The lowest BCUT2D eigenvalue weighted by Gasteiger charge is -2.19. The van der Waals surface area contributed by atoms with Crippen LogP contribution < -0.4 is 10.4 Å². The highest BCUT2D eigenvalue weighted by molar-refractivity contribution is 9.10. The predicted octanol–water partition coefficient (Wildman–Crippen LogP) is 6.35. The molecule has 2 heterocycles. The molecule has 1 aliphatic rings. The largest absolute Gasteiger partial charge is 0.309 e. The predicted molar refractivity (Wildman–Crippen MR) is 131 cm³/mol. The minimum atomic E-state index is -1.62. The molecule has 29 heavy (non-hydrogen) atoms. The minimum Gasteiger partial charge on any atom is -0.309 e. The summed E-state index contributed by atoms with van der Waals surface area (Å²) in [6, 6.07) is 31.4. The molecule has 0 aliphatic carbocycles. The van der Waals surface area contributed by atoms with Crippen LogP contribution in [0.2, 0.25) is 13.1 Å². The van der Waals surface area contributed by atoms with E-state index in [1.165, 1.54) is 38.6 Å². The molecule has 0 amide bonds. The molecule has 0 N–H and O–H groups in total. The molecule has 0 bridgehead atoms. The van der Waals surface area contributed by atoms with E-state index in [1.807, 2.05) is 0 Å². The van der Waals surface area contributed by atoms with Crippen molar-refractivity contribution in [1.29, 1.82) is 0 Å². The molecule has 4 aromatic carbocycles. The highest BCUT2D eigenvalue weighted by Gasteiger charge is 2.37. The molecule has 0 unspecified atom stereocenters. The maximum absolute atomic E-state index is 3.67. The fourth-order valence-corrected chi connectivity index (χ4v) is 8.49. The zero-order valence-corrected chi connectivity index (χ0v) is 19.0. The normalized spacial score (nSPS) is 14.3. The molecule has 0 saturated heterocycles. The SMILES string of the molecule is C[Si]1(C)c2ccccc2-c2cc(-n3c4ccccc4c4ccc(Br)cc43)ccc21. The zero-order chi connectivity index (χ0) is 19.8. The molecule has 140 valence electrons. The third kappa shape index (κ3) is 2.32. The van der Waals surface area contributed by atoms with Crippen molar-refractivity contribution in [1.82, 2.24) is 4.57 Å². The summed E-state index contributed by atoms with van der Waals surface area (Å²) >= 11 is 3.67. The molecule has 1 nitrogen and oxygen atoms in total. The van der Waals surface area contributed by atoms with E-state index in [4.69, 9.17) is 0 Å². The summed E-state index contributed by atoms with van der Waals surface area (Å²) in [5, 5.41) is 5.69. The molecular formula is C26H20BrNSi. The van der Waals surface area contributed by atoms with Crippen LogP contribution in [0, 0.1) is 0 Å². The van der Waals surface area contributed by atoms with Gasteiger partial charge in [-0.25, -0.2) is 0 Å². The Morgan fingerprint density at radius 3 is 2.28 bits per heavy atom. The number of para-hydroxylation sites is 1. The summed E-state index contributed by atoms with van der Waals surface area (Å²) in [5.74, 6) is 0. The Hall–Kier alpha value is -2.62. The van der Waals surface area contributed by atoms with Crippen LogP contribution in [0.25, 0.3) is 38.6 Å². The Morgan fingerprint density at radius 1 is 0.655 bits per heavy atom. The van der Waals surface area contributed by atoms with Crippen molar-refractivity contribution in [2.24, 2.45) is 0 Å². The second kappa shape index (κ2) is 5.94. The van der Waals surface area contributed by atoms with Crippen LogP contribution in [0.4, 0.5) is 0 Å². The maximum Gasteiger partial charge on any atom is 0.113 e. The summed E-state index contributed by atoms with van der Waals surface area (Å²) in [4.78, 5) is 0. The first-order valence-corrected chi connectivity index (χ1v) is 13.8. The van der Waals surface area contributed by atoms with Crippen LogP contribution in [-0.4, -0.2) is 12.6 Å². The van der Waals surface area contributed by atoms with Crippen molar-refractivity contribution < 1.29 is 0 Å². The van der Waals surface area contributed by atoms with Gasteiger partial charge in [0.15, 0.2) is 0 Å². The van der Waals surface area contributed by atoms with Crippen LogP contribution >= 0.6 is 15.9 Å². The van der Waals surface area contributed by atoms with Crippen molar-refractivity contribution >= 4 is 56.2 Å². The van der Waals surface area contributed by atoms with Gasteiger partial charge in [-0.2, -0.15) is 0 Å². The summed E-state index contributed by atoms with van der Waals surface area (Å²) in [7, 11) is -1.62. The highest BCUT2D eigenvalue weighted by Crippen LogP contribution is 2.35. The molecule has 0 radical (unpaired) electrons. The van der Waals surface area contributed by atoms with Crippen molar-refractivity contribution in [3.63, 3.8) is 0 Å². The lowest BCUT2D eigenvalue weighted by atomic mass is 10.1. The molecular weight excluding hydrogens is 434 g/mol. The Kier molecular flexibility index (Phi) is 3.54. The van der Waals surface area contributed by atoms with Gasteiger partial charge in [-0.1, -0.05) is 83.6 Å². The van der Waals surface area contributed by atoms with Gasteiger partial charge in [-0.15, -0.1) is 0 Å². The van der Waals surface area contributed by atoms with Gasteiger partial charge < -0.3 is 4.57 Å². The monoisotopic (exact) mass is 453 g/mol. The van der Waals surface area contributed by atoms with Crippen molar-refractivity contribution in [3.8, 4) is 16.8 Å². The average Bonchev–Trinajstić information content (AvgIpc) is 3.17. The average molecular weight is 454 g/mol. The molecule has 1 aromatic heterocycles. The van der Waals surface area contributed by atoms with Crippen LogP contribution in [0.1, 0.15) is 0 Å². The lowest BCUT2D eigenvalue weighted by Crippen LogP contribution is -2.49. The second-order valence-electron chi connectivity index (χ2n) is 8.41. The minimum absolute atomic E-state index is 1.11. The number of halogens is 1. The molecule has 3 heteroatoms. The van der Waals surface area contributed by atoms with Gasteiger partial charge in [-0.05, 0) is 51.8 Å². The van der Waals surface area contributed by atoms with Gasteiger partial charge in [-0.3, -0.25) is 0 Å². The number of aromatic nitrogens is 1. The van der Waals surface area contributed by atoms with E-state index in [-0.39, 0.29) is 0 Å².